The molecule has 0 amide bonds. The molecule has 0 aliphatic heterocycles. The first-order chi connectivity index (χ1) is 8.86. The molecule has 86 valence electrons. The molecule has 0 radical (unpaired) electrons. The van der Waals surface area contributed by atoms with E-state index in [9.17, 15) is 0 Å². The lowest BCUT2D eigenvalue weighted by atomic mass is 10.2. The summed E-state index contributed by atoms with van der Waals surface area (Å²) in [6.45, 7) is 0. The van der Waals surface area contributed by atoms with Crippen molar-refractivity contribution in [3.63, 3.8) is 0 Å². The Bertz CT molecular complexity index is 790. The first kappa shape index (κ1) is 10.7. The first-order valence-corrected chi connectivity index (χ1v) is 6.12. The van der Waals surface area contributed by atoms with E-state index in [1.54, 1.807) is 12.1 Å². The van der Waals surface area contributed by atoms with Gasteiger partial charge in [0.2, 0.25) is 4.80 Å². The Labute approximate surface area is 107 Å². The fourth-order valence-electron chi connectivity index (χ4n) is 1.60. The summed E-state index contributed by atoms with van der Waals surface area (Å²) in [6, 6.07) is 15.1. The van der Waals surface area contributed by atoms with Gasteiger partial charge in [0.1, 0.15) is 0 Å². The predicted molar refractivity (Wildman–Crippen MR) is 69.4 cm³/mol. The van der Waals surface area contributed by atoms with Gasteiger partial charge in [-0.25, -0.2) is 4.99 Å². The zero-order valence-electron chi connectivity index (χ0n) is 9.32. The third-order valence-corrected chi connectivity index (χ3v) is 3.22. The quantitative estimate of drug-likeness (QED) is 0.668. The summed E-state index contributed by atoms with van der Waals surface area (Å²) in [4.78, 5) is 5.33. The van der Waals surface area contributed by atoms with Crippen LogP contribution in [0.4, 0.5) is 5.69 Å². The number of hydrogen-bond donors (Lipinski definition) is 0. The minimum atomic E-state index is 0.635. The molecule has 3 rings (SSSR count). The Morgan fingerprint density at radius 1 is 1.17 bits per heavy atom. The van der Waals surface area contributed by atoms with Crippen LogP contribution in [0, 0.1) is 11.3 Å². The van der Waals surface area contributed by atoms with Gasteiger partial charge in [-0.05, 0) is 36.4 Å². The smallest absolute Gasteiger partial charge is 0.213 e. The van der Waals surface area contributed by atoms with E-state index in [2.05, 4.69) is 15.4 Å². The summed E-state index contributed by atoms with van der Waals surface area (Å²) in [5.41, 5.74) is 2.33. The summed E-state index contributed by atoms with van der Waals surface area (Å²) in [5, 5.41) is 8.73. The van der Waals surface area contributed by atoms with Gasteiger partial charge in [-0.15, -0.1) is 0 Å². The number of nitriles is 1. The molecule has 0 fully saturated rings. The number of hydrogen-bond acceptors (Lipinski definition) is 4. The monoisotopic (exact) mass is 252 g/mol. The van der Waals surface area contributed by atoms with Crippen LogP contribution in [0.3, 0.4) is 0 Å². The predicted octanol–water partition coefficient (Wildman–Crippen LogP) is 2.50. The van der Waals surface area contributed by atoms with Crippen molar-refractivity contribution in [3.8, 4) is 6.07 Å². The minimum absolute atomic E-state index is 0.635. The van der Waals surface area contributed by atoms with E-state index in [1.807, 2.05) is 40.9 Å². The van der Waals surface area contributed by atoms with Crippen LogP contribution in [0.2, 0.25) is 0 Å². The SMILES string of the molecule is N#Cc1ccc(N=c2snc3ccccn23)cc1. The molecular formula is C13H8N4S. The second-order valence-electron chi connectivity index (χ2n) is 3.66. The van der Waals surface area contributed by atoms with E-state index in [0.717, 1.165) is 16.1 Å². The van der Waals surface area contributed by atoms with E-state index >= 15 is 0 Å². The lowest BCUT2D eigenvalue weighted by Gasteiger charge is -1.93. The summed E-state index contributed by atoms with van der Waals surface area (Å²) >= 11 is 1.35. The first-order valence-electron chi connectivity index (χ1n) is 5.35. The number of benzene rings is 1. The van der Waals surface area contributed by atoms with Crippen molar-refractivity contribution < 1.29 is 0 Å². The average molecular weight is 252 g/mol. The maximum absolute atomic E-state index is 8.73. The second kappa shape index (κ2) is 4.43. The molecule has 5 heteroatoms. The van der Waals surface area contributed by atoms with E-state index in [-0.39, 0.29) is 0 Å². The molecule has 0 bridgehead atoms. The Morgan fingerprint density at radius 3 is 2.78 bits per heavy atom. The lowest BCUT2D eigenvalue weighted by Crippen LogP contribution is -2.04. The van der Waals surface area contributed by atoms with E-state index in [1.165, 1.54) is 11.5 Å². The molecule has 0 saturated carbocycles. The van der Waals surface area contributed by atoms with Crippen LogP contribution >= 0.6 is 11.5 Å². The molecule has 3 aromatic rings. The van der Waals surface area contributed by atoms with Gasteiger partial charge in [-0.3, -0.25) is 4.40 Å². The fourth-order valence-corrected chi connectivity index (χ4v) is 2.31. The molecular weight excluding hydrogens is 244 g/mol. The molecule has 4 nitrogen and oxygen atoms in total. The van der Waals surface area contributed by atoms with Gasteiger partial charge in [-0.1, -0.05) is 6.07 Å². The Balaban J connectivity index is 2.13. The molecule has 2 heterocycles. The van der Waals surface area contributed by atoms with E-state index < -0.39 is 0 Å². The van der Waals surface area contributed by atoms with Crippen LogP contribution < -0.4 is 4.80 Å². The number of nitrogens with zero attached hydrogens (tertiary/aromatic N) is 4. The molecule has 0 N–H and O–H groups in total. The van der Waals surface area contributed by atoms with Crippen molar-refractivity contribution >= 4 is 22.9 Å². The van der Waals surface area contributed by atoms with E-state index in [0.29, 0.717) is 5.56 Å². The molecule has 0 aliphatic rings. The highest BCUT2D eigenvalue weighted by Gasteiger charge is 1.97. The number of aromatic nitrogens is 2. The lowest BCUT2D eigenvalue weighted by molar-refractivity contribution is 1.09. The van der Waals surface area contributed by atoms with E-state index in [4.69, 9.17) is 5.26 Å². The summed E-state index contributed by atoms with van der Waals surface area (Å²) in [6.07, 6.45) is 1.93. The van der Waals surface area contributed by atoms with Crippen molar-refractivity contribution in [2.45, 2.75) is 0 Å². The van der Waals surface area contributed by atoms with Gasteiger partial charge in [0.05, 0.1) is 17.3 Å². The Morgan fingerprint density at radius 2 is 2.00 bits per heavy atom. The third-order valence-electron chi connectivity index (χ3n) is 2.49. The molecule has 1 aromatic carbocycles. The minimum Gasteiger partial charge on any atom is -0.275 e. The molecule has 0 unspecified atom stereocenters. The van der Waals surface area contributed by atoms with Gasteiger partial charge in [0, 0.05) is 17.7 Å². The van der Waals surface area contributed by atoms with Crippen LogP contribution in [-0.2, 0) is 0 Å². The van der Waals surface area contributed by atoms with Gasteiger partial charge in [-0.2, -0.15) is 9.64 Å². The standard InChI is InChI=1S/C13H8N4S/c14-9-10-4-6-11(7-5-10)15-13-17-8-2-1-3-12(17)16-18-13/h1-8H. The van der Waals surface area contributed by atoms with Crippen LogP contribution in [0.5, 0.6) is 0 Å². The summed E-state index contributed by atoms with van der Waals surface area (Å²) in [7, 11) is 0. The van der Waals surface area contributed by atoms with Gasteiger partial charge < -0.3 is 0 Å². The third kappa shape index (κ3) is 1.90. The summed E-state index contributed by atoms with van der Waals surface area (Å²) < 4.78 is 6.24. The largest absolute Gasteiger partial charge is 0.275 e. The molecule has 0 aliphatic carbocycles. The van der Waals surface area contributed by atoms with Gasteiger partial charge in [0.25, 0.3) is 0 Å². The van der Waals surface area contributed by atoms with Crippen molar-refractivity contribution in [2.24, 2.45) is 4.99 Å². The number of pyridine rings is 1. The highest BCUT2D eigenvalue weighted by Crippen LogP contribution is 2.12. The Kier molecular flexibility index (Phi) is 2.63. The maximum Gasteiger partial charge on any atom is 0.213 e. The zero-order valence-corrected chi connectivity index (χ0v) is 10.1. The topological polar surface area (TPSA) is 53.5 Å². The highest BCUT2D eigenvalue weighted by atomic mass is 32.1. The Hall–Kier alpha value is -2.45. The van der Waals surface area contributed by atoms with Crippen LogP contribution in [-0.4, -0.2) is 8.77 Å². The zero-order chi connectivity index (χ0) is 12.4. The van der Waals surface area contributed by atoms with Crippen molar-refractivity contribution in [1.82, 2.24) is 8.77 Å². The molecule has 0 atom stereocenters. The molecule has 0 spiro atoms. The van der Waals surface area contributed by atoms with Crippen molar-refractivity contribution in [2.75, 3.05) is 0 Å². The highest BCUT2D eigenvalue weighted by molar-refractivity contribution is 7.03. The molecule has 2 aromatic heterocycles. The van der Waals surface area contributed by atoms with Crippen LogP contribution in [0.25, 0.3) is 5.65 Å². The van der Waals surface area contributed by atoms with Crippen LogP contribution in [0.15, 0.2) is 53.7 Å². The van der Waals surface area contributed by atoms with Crippen molar-refractivity contribution in [3.05, 3.63) is 59.0 Å². The van der Waals surface area contributed by atoms with Gasteiger partial charge in [0.15, 0.2) is 5.65 Å². The average Bonchev–Trinajstić information content (AvgIpc) is 2.83. The summed E-state index contributed by atoms with van der Waals surface area (Å²) in [5.74, 6) is 0. The second-order valence-corrected chi connectivity index (χ2v) is 4.39. The number of rotatable bonds is 1. The van der Waals surface area contributed by atoms with Gasteiger partial charge >= 0.3 is 0 Å². The number of fused-ring (bicyclic) bond motifs is 1. The fraction of sp³-hybridized carbons (Fsp3) is 0. The van der Waals surface area contributed by atoms with Crippen LogP contribution in [0.1, 0.15) is 5.56 Å². The maximum atomic E-state index is 8.73. The molecule has 0 saturated heterocycles. The normalized spacial score (nSPS) is 11.6. The van der Waals surface area contributed by atoms with Crippen molar-refractivity contribution in [1.29, 1.82) is 5.26 Å². The molecule has 18 heavy (non-hydrogen) atoms.